The summed E-state index contributed by atoms with van der Waals surface area (Å²) in [5.41, 5.74) is -0.148. The lowest BCUT2D eigenvalue weighted by molar-refractivity contribution is 0.0690. The maximum atomic E-state index is 10.4. The summed E-state index contributed by atoms with van der Waals surface area (Å²) in [6.07, 6.45) is 0. The van der Waals surface area contributed by atoms with E-state index in [1.54, 1.807) is 0 Å². The van der Waals surface area contributed by atoms with Gasteiger partial charge in [-0.05, 0) is 0 Å². The fraction of sp³-hybridized carbons (Fsp3) is 0.167. The van der Waals surface area contributed by atoms with Gasteiger partial charge in [0.15, 0.2) is 5.69 Å². The zero-order chi connectivity index (χ0) is 9.14. The summed E-state index contributed by atoms with van der Waals surface area (Å²) >= 11 is 10.9. The summed E-state index contributed by atoms with van der Waals surface area (Å²) in [6, 6.07) is 1.17. The highest BCUT2D eigenvalue weighted by atomic mass is 35.5. The summed E-state index contributed by atoms with van der Waals surface area (Å²) in [7, 11) is 0. The Hall–Kier alpha value is -0.870. The summed E-state index contributed by atoms with van der Waals surface area (Å²) < 4.78 is 0. The van der Waals surface area contributed by atoms with E-state index in [1.807, 2.05) is 0 Å². The summed E-state index contributed by atoms with van der Waals surface area (Å²) in [6.45, 7) is 0. The highest BCUT2D eigenvalue weighted by molar-refractivity contribution is 6.29. The van der Waals surface area contributed by atoms with Crippen molar-refractivity contribution in [1.82, 2.24) is 9.97 Å². The minimum Gasteiger partial charge on any atom is -0.477 e. The van der Waals surface area contributed by atoms with E-state index >= 15 is 0 Å². The molecule has 1 N–H and O–H groups in total. The number of aromatic nitrogens is 2. The van der Waals surface area contributed by atoms with E-state index < -0.39 is 5.97 Å². The third-order valence-corrected chi connectivity index (χ3v) is 1.51. The molecule has 0 aromatic carbocycles. The van der Waals surface area contributed by atoms with Crippen LogP contribution in [0.4, 0.5) is 0 Å². The monoisotopic (exact) mass is 206 g/mol. The fourth-order valence-electron chi connectivity index (χ4n) is 0.634. The molecule has 0 unspecified atom stereocenters. The van der Waals surface area contributed by atoms with Crippen molar-refractivity contribution < 1.29 is 9.90 Å². The van der Waals surface area contributed by atoms with E-state index in [9.17, 15) is 4.79 Å². The Morgan fingerprint density at radius 2 is 2.25 bits per heavy atom. The molecule has 0 bridgehead atoms. The van der Waals surface area contributed by atoms with Gasteiger partial charge in [-0.25, -0.2) is 14.8 Å². The van der Waals surface area contributed by atoms with Gasteiger partial charge in [0.05, 0.1) is 5.88 Å². The van der Waals surface area contributed by atoms with E-state index in [2.05, 4.69) is 9.97 Å². The second-order valence-corrected chi connectivity index (χ2v) is 2.59. The van der Waals surface area contributed by atoms with E-state index in [4.69, 9.17) is 28.3 Å². The van der Waals surface area contributed by atoms with E-state index in [0.717, 1.165) is 0 Å². The molecule has 1 rings (SSSR count). The van der Waals surface area contributed by atoms with Crippen LogP contribution in [0.25, 0.3) is 0 Å². The van der Waals surface area contributed by atoms with Crippen LogP contribution in [0.1, 0.15) is 16.3 Å². The molecule has 0 radical (unpaired) electrons. The van der Waals surface area contributed by atoms with Crippen LogP contribution >= 0.6 is 23.2 Å². The SMILES string of the molecule is O=C(O)c1cc(Cl)nc(CCl)n1. The Kier molecular flexibility index (Phi) is 2.83. The number of nitrogens with zero attached hydrogens (tertiary/aromatic N) is 2. The molecular formula is C6H4Cl2N2O2. The van der Waals surface area contributed by atoms with Gasteiger partial charge in [0.2, 0.25) is 0 Å². The zero-order valence-electron chi connectivity index (χ0n) is 5.79. The average molecular weight is 207 g/mol. The largest absolute Gasteiger partial charge is 0.477 e. The van der Waals surface area contributed by atoms with Crippen molar-refractivity contribution in [3.63, 3.8) is 0 Å². The Bertz CT molecular complexity index is 316. The number of aromatic carboxylic acids is 1. The molecule has 1 heterocycles. The molecule has 0 spiro atoms. The number of alkyl halides is 1. The maximum absolute atomic E-state index is 10.4. The number of carboxylic acids is 1. The summed E-state index contributed by atoms with van der Waals surface area (Å²) in [4.78, 5) is 17.7. The third-order valence-electron chi connectivity index (χ3n) is 1.08. The number of rotatable bonds is 2. The van der Waals surface area contributed by atoms with E-state index in [-0.39, 0.29) is 22.6 Å². The van der Waals surface area contributed by atoms with Crippen molar-refractivity contribution in [2.75, 3.05) is 0 Å². The molecule has 0 atom stereocenters. The molecule has 1 aromatic rings. The second kappa shape index (κ2) is 3.69. The molecule has 0 saturated heterocycles. The van der Waals surface area contributed by atoms with Crippen LogP contribution in [0.15, 0.2) is 6.07 Å². The third kappa shape index (κ3) is 2.06. The first-order valence-electron chi connectivity index (χ1n) is 2.96. The highest BCUT2D eigenvalue weighted by Crippen LogP contribution is 2.08. The van der Waals surface area contributed by atoms with Crippen LogP contribution < -0.4 is 0 Å². The minimum absolute atomic E-state index is 0.0425. The standard InChI is InChI=1S/C6H4Cl2N2O2/c7-2-5-9-3(6(11)12)1-4(8)10-5/h1H,2H2,(H,11,12). The molecule has 0 amide bonds. The predicted molar refractivity (Wildman–Crippen MR) is 43.6 cm³/mol. The Balaban J connectivity index is 3.15. The van der Waals surface area contributed by atoms with Gasteiger partial charge in [0.1, 0.15) is 11.0 Å². The van der Waals surface area contributed by atoms with Crippen molar-refractivity contribution in [3.8, 4) is 0 Å². The van der Waals surface area contributed by atoms with Gasteiger partial charge >= 0.3 is 5.97 Å². The van der Waals surface area contributed by atoms with Gasteiger partial charge < -0.3 is 5.11 Å². The van der Waals surface area contributed by atoms with Crippen LogP contribution in [0, 0.1) is 0 Å². The summed E-state index contributed by atoms with van der Waals surface area (Å²) in [5, 5.41) is 8.62. The van der Waals surface area contributed by atoms with Gasteiger partial charge in [-0.1, -0.05) is 11.6 Å². The van der Waals surface area contributed by atoms with Crippen molar-refractivity contribution in [2.24, 2.45) is 0 Å². The first-order chi connectivity index (χ1) is 5.63. The predicted octanol–water partition coefficient (Wildman–Crippen LogP) is 1.57. The molecule has 64 valence electrons. The molecule has 0 aliphatic rings. The first kappa shape index (κ1) is 9.22. The van der Waals surface area contributed by atoms with Crippen molar-refractivity contribution >= 4 is 29.2 Å². The highest BCUT2D eigenvalue weighted by Gasteiger charge is 2.08. The first-order valence-corrected chi connectivity index (χ1v) is 3.87. The van der Waals surface area contributed by atoms with Gasteiger partial charge in [-0.15, -0.1) is 11.6 Å². The Morgan fingerprint density at radius 3 is 2.75 bits per heavy atom. The molecule has 0 aliphatic heterocycles. The molecule has 0 aliphatic carbocycles. The van der Waals surface area contributed by atoms with Gasteiger partial charge in [0, 0.05) is 6.07 Å². The molecule has 4 nitrogen and oxygen atoms in total. The van der Waals surface area contributed by atoms with Crippen LogP contribution in [0.2, 0.25) is 5.15 Å². The topological polar surface area (TPSA) is 63.1 Å². The van der Waals surface area contributed by atoms with Crippen molar-refractivity contribution in [2.45, 2.75) is 5.88 Å². The fourth-order valence-corrected chi connectivity index (χ4v) is 0.954. The smallest absolute Gasteiger partial charge is 0.354 e. The number of hydrogen-bond acceptors (Lipinski definition) is 3. The quantitative estimate of drug-likeness (QED) is 0.590. The van der Waals surface area contributed by atoms with Crippen LogP contribution in [0.5, 0.6) is 0 Å². The van der Waals surface area contributed by atoms with Gasteiger partial charge in [-0.3, -0.25) is 0 Å². The Morgan fingerprint density at radius 1 is 1.58 bits per heavy atom. The molecule has 1 aromatic heterocycles. The number of halogens is 2. The molecule has 0 fully saturated rings. The molecule has 0 saturated carbocycles. The van der Waals surface area contributed by atoms with E-state index in [1.165, 1.54) is 6.07 Å². The lowest BCUT2D eigenvalue weighted by Gasteiger charge is -1.97. The number of carbonyl (C=O) groups is 1. The summed E-state index contributed by atoms with van der Waals surface area (Å²) in [5.74, 6) is -0.895. The molecular weight excluding hydrogens is 203 g/mol. The zero-order valence-corrected chi connectivity index (χ0v) is 7.30. The normalized spacial score (nSPS) is 9.83. The van der Waals surface area contributed by atoms with Gasteiger partial charge in [0.25, 0.3) is 0 Å². The average Bonchev–Trinajstić information content (AvgIpc) is 2.03. The van der Waals surface area contributed by atoms with Crippen LogP contribution in [0.3, 0.4) is 0 Å². The minimum atomic E-state index is -1.15. The second-order valence-electron chi connectivity index (χ2n) is 1.93. The van der Waals surface area contributed by atoms with Crippen LogP contribution in [-0.4, -0.2) is 21.0 Å². The van der Waals surface area contributed by atoms with E-state index in [0.29, 0.717) is 0 Å². The maximum Gasteiger partial charge on any atom is 0.354 e. The number of carboxylic acid groups (broad SMARTS) is 1. The number of hydrogen-bond donors (Lipinski definition) is 1. The van der Waals surface area contributed by atoms with Crippen molar-refractivity contribution in [3.05, 3.63) is 22.7 Å². The molecule has 12 heavy (non-hydrogen) atoms. The Labute approximate surface area is 78.2 Å². The molecule has 6 heteroatoms. The van der Waals surface area contributed by atoms with Crippen molar-refractivity contribution in [1.29, 1.82) is 0 Å². The van der Waals surface area contributed by atoms with Gasteiger partial charge in [-0.2, -0.15) is 0 Å². The lowest BCUT2D eigenvalue weighted by Crippen LogP contribution is -2.04. The lowest BCUT2D eigenvalue weighted by atomic mass is 10.4. The van der Waals surface area contributed by atoms with Crippen LogP contribution in [-0.2, 0) is 5.88 Å².